The van der Waals surface area contributed by atoms with E-state index in [9.17, 15) is 9.59 Å². The normalized spacial score (nSPS) is 10.9. The van der Waals surface area contributed by atoms with Gasteiger partial charge in [0.2, 0.25) is 5.91 Å². The summed E-state index contributed by atoms with van der Waals surface area (Å²) in [7, 11) is 0. The van der Waals surface area contributed by atoms with Gasteiger partial charge < -0.3 is 9.88 Å². The molecule has 0 saturated heterocycles. The first kappa shape index (κ1) is 18.9. The number of hydrogen-bond acceptors (Lipinski definition) is 2. The van der Waals surface area contributed by atoms with E-state index in [-0.39, 0.29) is 11.5 Å². The van der Waals surface area contributed by atoms with E-state index in [1.165, 1.54) is 11.1 Å². The molecule has 0 atom stereocenters. The summed E-state index contributed by atoms with van der Waals surface area (Å²) >= 11 is 0. The molecule has 3 aromatic rings. The number of H-pyrrole nitrogens is 1. The van der Waals surface area contributed by atoms with Crippen molar-refractivity contribution in [1.82, 2.24) is 9.88 Å². The molecule has 0 aliphatic heterocycles. The number of aryl methyl sites for hydroxylation is 2. The molecule has 0 radical (unpaired) electrons. The molecular weight excluding hydrogens is 336 g/mol. The van der Waals surface area contributed by atoms with Crippen LogP contribution in [0.15, 0.2) is 53.3 Å². The minimum absolute atomic E-state index is 0.0392. The number of rotatable bonds is 6. The fourth-order valence-corrected chi connectivity index (χ4v) is 3.21. The lowest BCUT2D eigenvalue weighted by atomic mass is 10.1. The zero-order valence-corrected chi connectivity index (χ0v) is 16.2. The third kappa shape index (κ3) is 4.45. The van der Waals surface area contributed by atoms with Crippen LogP contribution < -0.4 is 5.56 Å². The Bertz CT molecular complexity index is 1000. The summed E-state index contributed by atoms with van der Waals surface area (Å²) in [6, 6.07) is 16.1. The van der Waals surface area contributed by atoms with E-state index in [1.807, 2.05) is 56.3 Å². The highest BCUT2D eigenvalue weighted by Gasteiger charge is 2.15. The number of nitrogens with zero attached hydrogens (tertiary/aromatic N) is 1. The molecule has 0 bridgehead atoms. The van der Waals surface area contributed by atoms with E-state index < -0.39 is 0 Å². The molecule has 1 heterocycles. The molecule has 0 spiro atoms. The van der Waals surface area contributed by atoms with Crippen LogP contribution in [0, 0.1) is 6.92 Å². The summed E-state index contributed by atoms with van der Waals surface area (Å²) in [5.74, 6) is 0.0392. The number of pyridine rings is 1. The Labute approximate surface area is 159 Å². The number of fused-ring (bicyclic) bond motifs is 1. The number of carbonyl (C=O) groups excluding carboxylic acids is 1. The molecule has 0 aliphatic carbocycles. The maximum absolute atomic E-state index is 12.5. The molecule has 0 aliphatic rings. The lowest BCUT2D eigenvalue weighted by molar-refractivity contribution is -0.132. The van der Waals surface area contributed by atoms with E-state index in [2.05, 4.69) is 18.0 Å². The lowest BCUT2D eigenvalue weighted by Crippen LogP contribution is -2.31. The zero-order valence-electron chi connectivity index (χ0n) is 16.2. The largest absolute Gasteiger partial charge is 0.334 e. The first-order valence-electron chi connectivity index (χ1n) is 9.48. The number of carbonyl (C=O) groups is 1. The van der Waals surface area contributed by atoms with Crippen LogP contribution in [0.5, 0.6) is 0 Å². The van der Waals surface area contributed by atoms with Gasteiger partial charge in [0.15, 0.2) is 0 Å². The highest BCUT2D eigenvalue weighted by molar-refractivity contribution is 5.80. The highest BCUT2D eigenvalue weighted by Crippen LogP contribution is 2.16. The average molecular weight is 362 g/mol. The van der Waals surface area contributed by atoms with Crippen molar-refractivity contribution in [1.29, 1.82) is 0 Å². The molecule has 1 N–H and O–H groups in total. The Morgan fingerprint density at radius 3 is 2.33 bits per heavy atom. The summed E-state index contributed by atoms with van der Waals surface area (Å²) in [5.41, 5.74) is 4.78. The quantitative estimate of drug-likeness (QED) is 0.709. The van der Waals surface area contributed by atoms with Crippen molar-refractivity contribution in [2.45, 2.75) is 46.7 Å². The van der Waals surface area contributed by atoms with Crippen molar-refractivity contribution >= 4 is 16.8 Å². The van der Waals surface area contributed by atoms with E-state index in [0.717, 1.165) is 22.9 Å². The van der Waals surface area contributed by atoms with Gasteiger partial charge in [-0.25, -0.2) is 0 Å². The first-order chi connectivity index (χ1) is 13.0. The van der Waals surface area contributed by atoms with E-state index in [4.69, 9.17) is 0 Å². The second-order valence-electron chi connectivity index (χ2n) is 6.99. The van der Waals surface area contributed by atoms with Gasteiger partial charge in [-0.2, -0.15) is 0 Å². The molecule has 4 heteroatoms. The standard InChI is InChI=1S/C23H26N2O2/c1-4-17-10-11-21-19(12-17)13-20(23(27)24-21)15-25(22(26)5-2)14-18-8-6-16(3)7-9-18/h6-13H,4-5,14-15H2,1-3H3,(H,24,27). The highest BCUT2D eigenvalue weighted by atomic mass is 16.2. The van der Waals surface area contributed by atoms with Crippen LogP contribution >= 0.6 is 0 Å². The predicted octanol–water partition coefficient (Wildman–Crippen LogP) is 4.34. The zero-order chi connectivity index (χ0) is 19.4. The van der Waals surface area contributed by atoms with Crippen molar-refractivity contribution < 1.29 is 4.79 Å². The summed E-state index contributed by atoms with van der Waals surface area (Å²) in [6.07, 6.45) is 1.36. The van der Waals surface area contributed by atoms with Gasteiger partial charge in [-0.1, -0.05) is 49.7 Å². The molecule has 1 amide bonds. The molecule has 0 fully saturated rings. The average Bonchev–Trinajstić information content (AvgIpc) is 2.68. The van der Waals surface area contributed by atoms with Gasteiger partial charge in [-0.05, 0) is 48.1 Å². The van der Waals surface area contributed by atoms with Crippen molar-refractivity contribution in [3.05, 3.63) is 81.1 Å². The molecule has 0 unspecified atom stereocenters. The third-order valence-electron chi connectivity index (χ3n) is 4.90. The topological polar surface area (TPSA) is 53.2 Å². The molecule has 140 valence electrons. The van der Waals surface area contributed by atoms with Crippen LogP contribution in [-0.2, 0) is 24.3 Å². The van der Waals surface area contributed by atoms with Crippen LogP contribution in [0.4, 0.5) is 0 Å². The van der Waals surface area contributed by atoms with Crippen molar-refractivity contribution in [2.75, 3.05) is 0 Å². The van der Waals surface area contributed by atoms with E-state index >= 15 is 0 Å². The van der Waals surface area contributed by atoms with E-state index in [0.29, 0.717) is 25.1 Å². The summed E-state index contributed by atoms with van der Waals surface area (Å²) in [5, 5.41) is 1.00. The smallest absolute Gasteiger partial charge is 0.253 e. The van der Waals surface area contributed by atoms with Gasteiger partial charge in [0, 0.05) is 24.0 Å². The summed E-state index contributed by atoms with van der Waals surface area (Å²) in [6.45, 7) is 6.80. The van der Waals surface area contributed by atoms with Crippen LogP contribution in [-0.4, -0.2) is 15.8 Å². The van der Waals surface area contributed by atoms with Crippen molar-refractivity contribution in [3.8, 4) is 0 Å². The van der Waals surface area contributed by atoms with E-state index in [1.54, 1.807) is 4.90 Å². The molecule has 27 heavy (non-hydrogen) atoms. The summed E-state index contributed by atoms with van der Waals surface area (Å²) < 4.78 is 0. The predicted molar refractivity (Wildman–Crippen MR) is 110 cm³/mol. The van der Waals surface area contributed by atoms with Gasteiger partial charge in [0.1, 0.15) is 0 Å². The minimum Gasteiger partial charge on any atom is -0.334 e. The Morgan fingerprint density at radius 2 is 1.67 bits per heavy atom. The molecule has 4 nitrogen and oxygen atoms in total. The fraction of sp³-hybridized carbons (Fsp3) is 0.304. The Kier molecular flexibility index (Phi) is 5.75. The molecular formula is C23H26N2O2. The van der Waals surface area contributed by atoms with Gasteiger partial charge in [-0.3, -0.25) is 9.59 Å². The number of benzene rings is 2. The van der Waals surface area contributed by atoms with Crippen molar-refractivity contribution in [3.63, 3.8) is 0 Å². The number of nitrogens with one attached hydrogen (secondary N) is 1. The molecule has 3 rings (SSSR count). The summed E-state index contributed by atoms with van der Waals surface area (Å²) in [4.78, 5) is 29.7. The van der Waals surface area contributed by atoms with Crippen LogP contribution in [0.1, 0.15) is 42.5 Å². The van der Waals surface area contributed by atoms with Crippen molar-refractivity contribution in [2.24, 2.45) is 0 Å². The fourth-order valence-electron chi connectivity index (χ4n) is 3.21. The monoisotopic (exact) mass is 362 g/mol. The molecule has 0 saturated carbocycles. The Balaban J connectivity index is 1.92. The van der Waals surface area contributed by atoms with Gasteiger partial charge in [0.05, 0.1) is 6.54 Å². The first-order valence-corrected chi connectivity index (χ1v) is 9.48. The number of amides is 1. The van der Waals surface area contributed by atoms with Gasteiger partial charge >= 0.3 is 0 Å². The second kappa shape index (κ2) is 8.21. The van der Waals surface area contributed by atoms with Crippen LogP contribution in [0.2, 0.25) is 0 Å². The molecule has 1 aromatic heterocycles. The Hall–Kier alpha value is -2.88. The van der Waals surface area contributed by atoms with Crippen LogP contribution in [0.3, 0.4) is 0 Å². The second-order valence-corrected chi connectivity index (χ2v) is 6.99. The van der Waals surface area contributed by atoms with Gasteiger partial charge in [0.25, 0.3) is 5.56 Å². The lowest BCUT2D eigenvalue weighted by Gasteiger charge is -2.22. The Morgan fingerprint density at radius 1 is 0.963 bits per heavy atom. The number of aromatic amines is 1. The minimum atomic E-state index is -0.135. The molecule has 2 aromatic carbocycles. The number of aromatic nitrogens is 1. The maximum atomic E-state index is 12.5. The van der Waals surface area contributed by atoms with Crippen LogP contribution in [0.25, 0.3) is 10.9 Å². The maximum Gasteiger partial charge on any atom is 0.253 e. The number of hydrogen-bond donors (Lipinski definition) is 1. The van der Waals surface area contributed by atoms with Gasteiger partial charge in [-0.15, -0.1) is 0 Å². The third-order valence-corrected chi connectivity index (χ3v) is 4.90. The SMILES string of the molecule is CCC(=O)N(Cc1ccc(C)cc1)Cc1cc2cc(CC)ccc2[nH]c1=O.